The van der Waals surface area contributed by atoms with Gasteiger partial charge < -0.3 is 14.8 Å². The first-order chi connectivity index (χ1) is 14.4. The van der Waals surface area contributed by atoms with E-state index in [4.69, 9.17) is 0 Å². The Bertz CT molecular complexity index is 1020. The first-order valence-electron chi connectivity index (χ1n) is 9.75. The van der Waals surface area contributed by atoms with Crippen molar-refractivity contribution in [1.82, 2.24) is 24.8 Å². The van der Waals surface area contributed by atoms with E-state index in [1.165, 1.54) is 0 Å². The van der Waals surface area contributed by atoms with Crippen LogP contribution in [-0.2, 0) is 17.5 Å². The van der Waals surface area contributed by atoms with Gasteiger partial charge in [0.2, 0.25) is 17.7 Å². The van der Waals surface area contributed by atoms with Crippen LogP contribution in [0.25, 0.3) is 11.0 Å². The number of rotatable bonds is 5. The lowest BCUT2D eigenvalue weighted by atomic mass is 9.97. The number of imidazole rings is 1. The van der Waals surface area contributed by atoms with Crippen molar-refractivity contribution in [3.63, 3.8) is 0 Å². The molecule has 4 rings (SSSR count). The molecule has 0 bridgehead atoms. The molecule has 1 N–H and O–H groups in total. The van der Waals surface area contributed by atoms with Crippen LogP contribution in [0.3, 0.4) is 0 Å². The van der Waals surface area contributed by atoms with Crippen LogP contribution in [0.1, 0.15) is 18.7 Å². The van der Waals surface area contributed by atoms with Crippen LogP contribution in [-0.4, -0.2) is 45.1 Å². The summed E-state index contributed by atoms with van der Waals surface area (Å²) in [7, 11) is 0. The predicted octanol–water partition coefficient (Wildman–Crippen LogP) is 2.88. The van der Waals surface area contributed by atoms with Gasteiger partial charge in [-0.1, -0.05) is 12.1 Å². The van der Waals surface area contributed by atoms with Gasteiger partial charge in [0.05, 0.1) is 17.0 Å². The Morgan fingerprint density at radius 3 is 2.70 bits per heavy atom. The molecule has 10 heteroatoms. The maximum absolute atomic E-state index is 13.4. The number of piperidine rings is 1. The summed E-state index contributed by atoms with van der Waals surface area (Å²) in [5, 5.41) is 2.78. The van der Waals surface area contributed by atoms with Crippen LogP contribution in [0.2, 0.25) is 0 Å². The van der Waals surface area contributed by atoms with Gasteiger partial charge in [0, 0.05) is 38.6 Å². The summed E-state index contributed by atoms with van der Waals surface area (Å²) in [6, 6.07) is 8.18. The number of benzene rings is 1. The molecule has 1 aromatic carbocycles. The number of para-hydroxylation sites is 2. The zero-order chi connectivity index (χ0) is 21.1. The molecule has 1 amide bonds. The first-order valence-corrected chi connectivity index (χ1v) is 9.75. The van der Waals surface area contributed by atoms with E-state index in [0.717, 1.165) is 24.0 Å². The second-order valence-electron chi connectivity index (χ2n) is 7.20. The fourth-order valence-electron chi connectivity index (χ4n) is 3.78. The van der Waals surface area contributed by atoms with Crippen molar-refractivity contribution in [2.45, 2.75) is 25.6 Å². The molecule has 1 aliphatic heterocycles. The van der Waals surface area contributed by atoms with Crippen LogP contribution in [0.15, 0.2) is 42.7 Å². The number of nitrogens with zero attached hydrogens (tertiary/aromatic N) is 5. The number of aromatic nitrogens is 4. The van der Waals surface area contributed by atoms with Crippen LogP contribution in [0.4, 0.5) is 19.1 Å². The summed E-state index contributed by atoms with van der Waals surface area (Å²) >= 11 is 0. The third-order valence-electron chi connectivity index (χ3n) is 5.17. The Labute approximate surface area is 170 Å². The van der Waals surface area contributed by atoms with Crippen molar-refractivity contribution in [2.24, 2.45) is 5.92 Å². The zero-order valence-electron chi connectivity index (χ0n) is 16.1. The predicted molar refractivity (Wildman–Crippen MR) is 105 cm³/mol. The number of halogens is 3. The van der Waals surface area contributed by atoms with Crippen LogP contribution in [0, 0.1) is 5.92 Å². The van der Waals surface area contributed by atoms with E-state index in [2.05, 4.69) is 20.3 Å². The minimum Gasteiger partial charge on any atom is -0.354 e. The van der Waals surface area contributed by atoms with Gasteiger partial charge in [-0.25, -0.2) is 15.0 Å². The van der Waals surface area contributed by atoms with Crippen LogP contribution >= 0.6 is 0 Å². The molecule has 1 atom stereocenters. The fourth-order valence-corrected chi connectivity index (χ4v) is 3.78. The van der Waals surface area contributed by atoms with E-state index in [1.54, 1.807) is 42.7 Å². The van der Waals surface area contributed by atoms with E-state index in [0.29, 0.717) is 18.0 Å². The smallest absolute Gasteiger partial charge is 0.354 e. The number of anilines is 1. The summed E-state index contributed by atoms with van der Waals surface area (Å²) in [5.74, 6) is -0.810. The monoisotopic (exact) mass is 418 g/mol. The van der Waals surface area contributed by atoms with Gasteiger partial charge in [-0.05, 0) is 31.0 Å². The molecule has 0 aliphatic carbocycles. The van der Waals surface area contributed by atoms with Gasteiger partial charge in [0.1, 0.15) is 0 Å². The first kappa shape index (κ1) is 20.1. The van der Waals surface area contributed by atoms with E-state index in [9.17, 15) is 18.0 Å². The van der Waals surface area contributed by atoms with Gasteiger partial charge >= 0.3 is 6.18 Å². The van der Waals surface area contributed by atoms with E-state index in [-0.39, 0.29) is 30.4 Å². The topological polar surface area (TPSA) is 75.9 Å². The highest BCUT2D eigenvalue weighted by molar-refractivity contribution is 5.79. The maximum Gasteiger partial charge on any atom is 0.449 e. The van der Waals surface area contributed by atoms with E-state index in [1.807, 2.05) is 4.90 Å². The number of hydrogen-bond acceptors (Lipinski definition) is 5. The second kappa shape index (κ2) is 8.29. The lowest BCUT2D eigenvalue weighted by Gasteiger charge is -2.31. The molecule has 0 spiro atoms. The van der Waals surface area contributed by atoms with Gasteiger partial charge in [-0.3, -0.25) is 4.79 Å². The minimum absolute atomic E-state index is 0.0146. The number of amides is 1. The normalized spacial score (nSPS) is 17.3. The van der Waals surface area contributed by atoms with Gasteiger partial charge in [0.25, 0.3) is 0 Å². The maximum atomic E-state index is 13.4. The van der Waals surface area contributed by atoms with E-state index < -0.39 is 12.0 Å². The van der Waals surface area contributed by atoms with Gasteiger partial charge in [-0.15, -0.1) is 0 Å². The average Bonchev–Trinajstić information content (AvgIpc) is 3.14. The highest BCUT2D eigenvalue weighted by Crippen LogP contribution is 2.31. The summed E-state index contributed by atoms with van der Waals surface area (Å²) in [5.41, 5.74) is 0.672. The molecule has 1 aliphatic rings. The molecule has 2 aromatic heterocycles. The number of carbonyl (C=O) groups is 1. The summed E-state index contributed by atoms with van der Waals surface area (Å²) in [6.45, 7) is 1.32. The third kappa shape index (κ3) is 4.22. The van der Waals surface area contributed by atoms with Crippen LogP contribution in [0.5, 0.6) is 0 Å². The zero-order valence-corrected chi connectivity index (χ0v) is 16.1. The van der Waals surface area contributed by atoms with Crippen molar-refractivity contribution in [1.29, 1.82) is 0 Å². The Kier molecular flexibility index (Phi) is 5.56. The molecule has 3 aromatic rings. The molecule has 158 valence electrons. The average molecular weight is 418 g/mol. The van der Waals surface area contributed by atoms with Crippen molar-refractivity contribution in [2.75, 3.05) is 24.5 Å². The lowest BCUT2D eigenvalue weighted by Crippen LogP contribution is -2.44. The summed E-state index contributed by atoms with van der Waals surface area (Å²) in [6.07, 6.45) is 0.277. The summed E-state index contributed by atoms with van der Waals surface area (Å²) in [4.78, 5) is 26.7. The van der Waals surface area contributed by atoms with Gasteiger partial charge in [-0.2, -0.15) is 13.2 Å². The Morgan fingerprint density at radius 1 is 1.17 bits per heavy atom. The Balaban J connectivity index is 1.40. The second-order valence-corrected chi connectivity index (χ2v) is 7.20. The van der Waals surface area contributed by atoms with Gasteiger partial charge in [0.15, 0.2) is 0 Å². The van der Waals surface area contributed by atoms with Crippen molar-refractivity contribution < 1.29 is 18.0 Å². The number of alkyl halides is 3. The largest absolute Gasteiger partial charge is 0.449 e. The SMILES string of the molecule is O=C(NCCn1c(C(F)(F)F)nc2ccccc21)[C@H]1CCCN(c2ncccn2)C1. The third-order valence-corrected chi connectivity index (χ3v) is 5.17. The number of carbonyl (C=O) groups excluding carboxylic acids is 1. The molecule has 7 nitrogen and oxygen atoms in total. The standard InChI is InChI=1S/C20H21F3N6O/c21-20(22,23)18-27-15-6-1-2-7-16(15)29(18)12-10-24-17(30)14-5-3-11-28(13-14)19-25-8-4-9-26-19/h1-2,4,6-9,14H,3,5,10-13H2,(H,24,30)/t14-/m0/s1. The quantitative estimate of drug-likeness (QED) is 0.690. The van der Waals surface area contributed by atoms with Crippen molar-refractivity contribution in [3.05, 3.63) is 48.5 Å². The number of fused-ring (bicyclic) bond motifs is 1. The highest BCUT2D eigenvalue weighted by atomic mass is 19.4. The Morgan fingerprint density at radius 2 is 1.93 bits per heavy atom. The van der Waals surface area contributed by atoms with Crippen LogP contribution < -0.4 is 10.2 Å². The number of hydrogen-bond donors (Lipinski definition) is 1. The molecule has 3 heterocycles. The van der Waals surface area contributed by atoms with Crippen molar-refractivity contribution >= 4 is 22.9 Å². The highest BCUT2D eigenvalue weighted by Gasteiger charge is 2.37. The molecule has 0 unspecified atom stereocenters. The molecule has 30 heavy (non-hydrogen) atoms. The lowest BCUT2D eigenvalue weighted by molar-refractivity contribution is -0.146. The summed E-state index contributed by atoms with van der Waals surface area (Å²) < 4.78 is 41.3. The molecule has 0 radical (unpaired) electrons. The molecule has 0 saturated carbocycles. The molecule has 1 saturated heterocycles. The fraction of sp³-hybridized carbons (Fsp3) is 0.400. The Hall–Kier alpha value is -3.17. The molecule has 1 fully saturated rings. The van der Waals surface area contributed by atoms with E-state index >= 15 is 0 Å². The van der Waals surface area contributed by atoms with Crippen molar-refractivity contribution in [3.8, 4) is 0 Å². The number of nitrogens with one attached hydrogen (secondary N) is 1. The molecular formula is C20H21F3N6O. The molecular weight excluding hydrogens is 397 g/mol. The minimum atomic E-state index is -4.57.